The van der Waals surface area contributed by atoms with Crippen LogP contribution in [0.5, 0.6) is 5.75 Å². The summed E-state index contributed by atoms with van der Waals surface area (Å²) < 4.78 is 15.4. The highest BCUT2D eigenvalue weighted by molar-refractivity contribution is 7.49. The molecule has 0 aromatic heterocycles. The SMILES string of the molecule is COc1ccc([N+](=O)[O-])cc1NNP(=O)(O)O. The predicted molar refractivity (Wildman–Crippen MR) is 58.5 cm³/mol. The molecule has 10 heteroatoms. The molecule has 0 bridgehead atoms. The number of ether oxygens (including phenoxy) is 1. The zero-order valence-corrected chi connectivity index (χ0v) is 9.55. The molecule has 4 N–H and O–H groups in total. The third-order valence-corrected chi connectivity index (χ3v) is 2.13. The van der Waals surface area contributed by atoms with Gasteiger partial charge in [0.05, 0.1) is 17.7 Å². The van der Waals surface area contributed by atoms with E-state index in [1.807, 2.05) is 0 Å². The van der Waals surface area contributed by atoms with E-state index < -0.39 is 12.7 Å². The fourth-order valence-corrected chi connectivity index (χ4v) is 1.31. The number of hydrazine groups is 1. The Balaban J connectivity index is 2.98. The molecular formula is C7H10N3O6P. The number of nitro benzene ring substituents is 1. The average Bonchev–Trinajstić information content (AvgIpc) is 2.24. The van der Waals surface area contributed by atoms with Crippen molar-refractivity contribution in [2.45, 2.75) is 0 Å². The molecule has 0 atom stereocenters. The van der Waals surface area contributed by atoms with Crippen molar-refractivity contribution < 1.29 is 24.0 Å². The van der Waals surface area contributed by atoms with Crippen LogP contribution in [0.1, 0.15) is 0 Å². The van der Waals surface area contributed by atoms with Crippen LogP contribution < -0.4 is 15.4 Å². The van der Waals surface area contributed by atoms with Gasteiger partial charge in [0.1, 0.15) is 5.75 Å². The Bertz CT molecular complexity index is 473. The van der Waals surface area contributed by atoms with E-state index in [0.29, 0.717) is 0 Å². The molecule has 0 radical (unpaired) electrons. The van der Waals surface area contributed by atoms with Crippen molar-refractivity contribution in [3.8, 4) is 5.75 Å². The highest BCUT2D eigenvalue weighted by Gasteiger charge is 2.15. The highest BCUT2D eigenvalue weighted by atomic mass is 31.2. The lowest BCUT2D eigenvalue weighted by Crippen LogP contribution is -2.18. The first kappa shape index (κ1) is 13.4. The summed E-state index contributed by atoms with van der Waals surface area (Å²) in [7, 11) is -3.16. The quantitative estimate of drug-likeness (QED) is 0.345. The summed E-state index contributed by atoms with van der Waals surface area (Å²) in [5.41, 5.74) is 1.97. The fourth-order valence-electron chi connectivity index (χ4n) is 1.04. The Morgan fingerprint density at radius 2 is 2.12 bits per heavy atom. The summed E-state index contributed by atoms with van der Waals surface area (Å²) in [4.78, 5) is 27.0. The summed E-state index contributed by atoms with van der Waals surface area (Å²) in [6.45, 7) is 0. The van der Waals surface area contributed by atoms with Crippen LogP contribution in [-0.4, -0.2) is 21.8 Å². The second-order valence-electron chi connectivity index (χ2n) is 2.92. The molecule has 0 spiro atoms. The third kappa shape index (κ3) is 4.00. The lowest BCUT2D eigenvalue weighted by atomic mass is 10.2. The van der Waals surface area contributed by atoms with Crippen LogP contribution in [0.3, 0.4) is 0 Å². The Morgan fingerprint density at radius 3 is 2.59 bits per heavy atom. The molecule has 0 saturated carbocycles. The maximum absolute atomic E-state index is 10.6. The summed E-state index contributed by atoms with van der Waals surface area (Å²) in [5, 5.41) is 12.2. The third-order valence-electron chi connectivity index (χ3n) is 1.73. The van der Waals surface area contributed by atoms with E-state index in [1.165, 1.54) is 19.2 Å². The molecule has 1 aromatic carbocycles. The summed E-state index contributed by atoms with van der Waals surface area (Å²) in [5.74, 6) is 0.205. The van der Waals surface area contributed by atoms with Gasteiger partial charge in [0.2, 0.25) is 0 Å². The number of nitrogens with zero attached hydrogens (tertiary/aromatic N) is 1. The lowest BCUT2D eigenvalue weighted by molar-refractivity contribution is -0.384. The maximum atomic E-state index is 10.6. The Kier molecular flexibility index (Phi) is 4.02. The van der Waals surface area contributed by atoms with E-state index in [0.717, 1.165) is 6.07 Å². The van der Waals surface area contributed by atoms with Gasteiger partial charge in [-0.15, -0.1) is 5.20 Å². The second-order valence-corrected chi connectivity index (χ2v) is 4.23. The number of anilines is 1. The molecule has 9 nitrogen and oxygen atoms in total. The highest BCUT2D eigenvalue weighted by Crippen LogP contribution is 2.32. The van der Waals surface area contributed by atoms with Crippen LogP contribution in [-0.2, 0) is 4.57 Å². The van der Waals surface area contributed by atoms with Crippen molar-refractivity contribution in [3.63, 3.8) is 0 Å². The number of hydrogen-bond acceptors (Lipinski definition) is 5. The maximum Gasteiger partial charge on any atom is 0.417 e. The van der Waals surface area contributed by atoms with Crippen molar-refractivity contribution in [1.29, 1.82) is 0 Å². The van der Waals surface area contributed by atoms with E-state index in [9.17, 15) is 14.7 Å². The molecule has 0 fully saturated rings. The zero-order valence-electron chi connectivity index (χ0n) is 8.65. The first-order chi connectivity index (χ1) is 7.83. The normalized spacial score (nSPS) is 11.0. The van der Waals surface area contributed by atoms with Crippen molar-refractivity contribution in [3.05, 3.63) is 28.3 Å². The van der Waals surface area contributed by atoms with E-state index in [1.54, 1.807) is 5.20 Å². The second kappa shape index (κ2) is 5.11. The summed E-state index contributed by atoms with van der Waals surface area (Å²) in [6.07, 6.45) is 0. The summed E-state index contributed by atoms with van der Waals surface area (Å²) in [6, 6.07) is 3.60. The monoisotopic (exact) mass is 263 g/mol. The Hall–Kier alpha value is -1.67. The number of non-ortho nitro benzene ring substituents is 1. The molecule has 0 aliphatic rings. The number of benzene rings is 1. The summed E-state index contributed by atoms with van der Waals surface area (Å²) >= 11 is 0. The first-order valence-electron chi connectivity index (χ1n) is 4.25. The molecule has 0 amide bonds. The molecule has 1 aromatic rings. The van der Waals surface area contributed by atoms with Gasteiger partial charge in [0.15, 0.2) is 0 Å². The van der Waals surface area contributed by atoms with Gasteiger partial charge >= 0.3 is 7.75 Å². The van der Waals surface area contributed by atoms with Gasteiger partial charge in [0, 0.05) is 12.1 Å². The topological polar surface area (TPSA) is 134 Å². The average molecular weight is 263 g/mol. The lowest BCUT2D eigenvalue weighted by Gasteiger charge is -2.12. The molecular weight excluding hydrogens is 253 g/mol. The van der Waals surface area contributed by atoms with Gasteiger partial charge in [-0.1, -0.05) is 0 Å². The minimum Gasteiger partial charge on any atom is -0.495 e. The first-order valence-corrected chi connectivity index (χ1v) is 5.86. The molecule has 0 aliphatic carbocycles. The molecule has 0 unspecified atom stereocenters. The number of rotatable bonds is 5. The van der Waals surface area contributed by atoms with Crippen LogP contribution in [0.4, 0.5) is 11.4 Å². The van der Waals surface area contributed by atoms with Gasteiger partial charge in [0.25, 0.3) is 5.69 Å². The van der Waals surface area contributed by atoms with E-state index in [-0.39, 0.29) is 17.1 Å². The van der Waals surface area contributed by atoms with Crippen molar-refractivity contribution in [2.24, 2.45) is 0 Å². The van der Waals surface area contributed by atoms with Gasteiger partial charge in [-0.25, -0.2) is 4.57 Å². The minimum atomic E-state index is -4.49. The minimum absolute atomic E-state index is 0.0463. The van der Waals surface area contributed by atoms with E-state index in [2.05, 4.69) is 5.43 Å². The standard InChI is InChI=1S/C7H10N3O6P/c1-16-7-3-2-5(10(11)12)4-6(7)8-9-17(13,14)15/h2-4,8H,1H3,(H3,9,13,14,15). The number of nitrogens with one attached hydrogen (secondary N) is 2. The largest absolute Gasteiger partial charge is 0.495 e. The smallest absolute Gasteiger partial charge is 0.417 e. The Labute approximate surface area is 95.7 Å². The van der Waals surface area contributed by atoms with Gasteiger partial charge < -0.3 is 19.9 Å². The van der Waals surface area contributed by atoms with Gasteiger partial charge in [-0.05, 0) is 6.07 Å². The van der Waals surface area contributed by atoms with Crippen LogP contribution in [0.15, 0.2) is 18.2 Å². The van der Waals surface area contributed by atoms with Gasteiger partial charge in [-0.3, -0.25) is 10.1 Å². The Morgan fingerprint density at radius 1 is 1.47 bits per heavy atom. The molecule has 0 saturated heterocycles. The predicted octanol–water partition coefficient (Wildman–Crippen LogP) is 0.613. The van der Waals surface area contributed by atoms with Crippen LogP contribution >= 0.6 is 7.75 Å². The van der Waals surface area contributed by atoms with Crippen molar-refractivity contribution >= 4 is 19.1 Å². The van der Waals surface area contributed by atoms with E-state index in [4.69, 9.17) is 14.5 Å². The van der Waals surface area contributed by atoms with Crippen LogP contribution in [0, 0.1) is 10.1 Å². The number of hydrogen-bond donors (Lipinski definition) is 4. The molecule has 1 rings (SSSR count). The van der Waals surface area contributed by atoms with Crippen molar-refractivity contribution in [2.75, 3.05) is 12.5 Å². The fraction of sp³-hybridized carbons (Fsp3) is 0.143. The number of methoxy groups -OCH3 is 1. The molecule has 0 heterocycles. The van der Waals surface area contributed by atoms with Gasteiger partial charge in [-0.2, -0.15) is 0 Å². The number of nitro groups is 1. The molecule has 0 aliphatic heterocycles. The van der Waals surface area contributed by atoms with Crippen LogP contribution in [0.25, 0.3) is 0 Å². The van der Waals surface area contributed by atoms with Crippen LogP contribution in [0.2, 0.25) is 0 Å². The molecule has 17 heavy (non-hydrogen) atoms. The zero-order chi connectivity index (χ0) is 13.1. The van der Waals surface area contributed by atoms with E-state index >= 15 is 0 Å². The van der Waals surface area contributed by atoms with Crippen molar-refractivity contribution in [1.82, 2.24) is 5.20 Å². The molecule has 94 valence electrons.